The van der Waals surface area contributed by atoms with Gasteiger partial charge in [0.05, 0.1) is 6.54 Å². The van der Waals surface area contributed by atoms with Crippen molar-refractivity contribution in [2.24, 2.45) is 0 Å². The topological polar surface area (TPSA) is 25.2 Å². The average molecular weight is 241 g/mol. The van der Waals surface area contributed by atoms with Gasteiger partial charge >= 0.3 is 0 Å². The summed E-state index contributed by atoms with van der Waals surface area (Å²) >= 11 is 0. The average Bonchev–Trinajstić information content (AvgIpc) is 2.77. The van der Waals surface area contributed by atoms with Gasteiger partial charge in [0.2, 0.25) is 0 Å². The summed E-state index contributed by atoms with van der Waals surface area (Å²) in [6.45, 7) is 0.783. The standard InChI is InChI=1S/C16H19NO/c1-17-11-13-9-10-16(18-13)15-8-3-2-7-14(15)12-5-4-6-12/h2-3,7-10,12,17H,4-6,11H2,1H3. The van der Waals surface area contributed by atoms with Gasteiger partial charge in [0.1, 0.15) is 11.5 Å². The number of furan rings is 1. The van der Waals surface area contributed by atoms with Gasteiger partial charge in [0, 0.05) is 5.56 Å². The minimum absolute atomic E-state index is 0.735. The summed E-state index contributed by atoms with van der Waals surface area (Å²) in [6.07, 6.45) is 4.00. The molecule has 0 saturated heterocycles. The maximum atomic E-state index is 5.91. The van der Waals surface area contributed by atoms with Gasteiger partial charge in [0.15, 0.2) is 0 Å². The minimum Gasteiger partial charge on any atom is -0.460 e. The van der Waals surface area contributed by atoms with Crippen LogP contribution in [0.5, 0.6) is 0 Å². The molecule has 3 rings (SSSR count). The van der Waals surface area contributed by atoms with E-state index in [1.807, 2.05) is 7.05 Å². The van der Waals surface area contributed by atoms with Gasteiger partial charge in [-0.05, 0) is 43.5 Å². The lowest BCUT2D eigenvalue weighted by Gasteiger charge is -2.27. The zero-order valence-electron chi connectivity index (χ0n) is 10.8. The van der Waals surface area contributed by atoms with E-state index in [1.54, 1.807) is 0 Å². The van der Waals surface area contributed by atoms with E-state index in [1.165, 1.54) is 30.4 Å². The molecule has 0 bridgehead atoms. The molecule has 0 radical (unpaired) electrons. The fourth-order valence-corrected chi connectivity index (χ4v) is 2.59. The van der Waals surface area contributed by atoms with Crippen LogP contribution in [0.1, 0.15) is 36.5 Å². The highest BCUT2D eigenvalue weighted by atomic mass is 16.3. The van der Waals surface area contributed by atoms with Crippen LogP contribution < -0.4 is 5.32 Å². The van der Waals surface area contributed by atoms with E-state index < -0.39 is 0 Å². The van der Waals surface area contributed by atoms with E-state index in [4.69, 9.17) is 4.42 Å². The summed E-state index contributed by atoms with van der Waals surface area (Å²) < 4.78 is 5.91. The van der Waals surface area contributed by atoms with Crippen LogP contribution in [0.4, 0.5) is 0 Å². The Morgan fingerprint density at radius 1 is 1.17 bits per heavy atom. The first kappa shape index (κ1) is 11.5. The molecule has 1 aromatic heterocycles. The highest BCUT2D eigenvalue weighted by Crippen LogP contribution is 2.41. The molecular formula is C16H19NO. The summed E-state index contributed by atoms with van der Waals surface area (Å²) in [7, 11) is 1.94. The first-order valence-electron chi connectivity index (χ1n) is 6.71. The molecule has 18 heavy (non-hydrogen) atoms. The molecule has 1 fully saturated rings. The summed E-state index contributed by atoms with van der Waals surface area (Å²) in [5.74, 6) is 2.73. The predicted octanol–water partition coefficient (Wildman–Crippen LogP) is 3.93. The van der Waals surface area contributed by atoms with Gasteiger partial charge in [-0.25, -0.2) is 0 Å². The highest BCUT2D eigenvalue weighted by Gasteiger charge is 2.23. The second-order valence-electron chi connectivity index (χ2n) is 5.01. The second-order valence-corrected chi connectivity index (χ2v) is 5.01. The van der Waals surface area contributed by atoms with E-state index in [-0.39, 0.29) is 0 Å². The zero-order valence-corrected chi connectivity index (χ0v) is 10.8. The molecule has 1 aromatic carbocycles. The van der Waals surface area contributed by atoms with Crippen molar-refractivity contribution in [3.63, 3.8) is 0 Å². The van der Waals surface area contributed by atoms with Crippen LogP contribution in [0, 0.1) is 0 Å². The first-order valence-corrected chi connectivity index (χ1v) is 6.71. The molecule has 1 aliphatic rings. The molecule has 0 atom stereocenters. The first-order chi connectivity index (χ1) is 8.88. The molecule has 1 N–H and O–H groups in total. The van der Waals surface area contributed by atoms with Crippen molar-refractivity contribution in [2.45, 2.75) is 31.7 Å². The van der Waals surface area contributed by atoms with E-state index in [2.05, 4.69) is 41.7 Å². The highest BCUT2D eigenvalue weighted by molar-refractivity contribution is 5.63. The molecule has 2 nitrogen and oxygen atoms in total. The Hall–Kier alpha value is -1.54. The van der Waals surface area contributed by atoms with Crippen molar-refractivity contribution < 1.29 is 4.42 Å². The van der Waals surface area contributed by atoms with Crippen molar-refractivity contribution in [3.8, 4) is 11.3 Å². The van der Waals surface area contributed by atoms with Crippen LogP contribution in [-0.2, 0) is 6.54 Å². The molecule has 94 valence electrons. The molecule has 1 heterocycles. The van der Waals surface area contributed by atoms with Crippen LogP contribution in [-0.4, -0.2) is 7.05 Å². The smallest absolute Gasteiger partial charge is 0.134 e. The van der Waals surface area contributed by atoms with Gasteiger partial charge in [-0.3, -0.25) is 0 Å². The third-order valence-electron chi connectivity index (χ3n) is 3.78. The zero-order chi connectivity index (χ0) is 12.4. The Kier molecular flexibility index (Phi) is 3.20. The fraction of sp³-hybridized carbons (Fsp3) is 0.375. The molecule has 2 aromatic rings. The van der Waals surface area contributed by atoms with Crippen molar-refractivity contribution in [3.05, 3.63) is 47.7 Å². The number of hydrogen-bond donors (Lipinski definition) is 1. The van der Waals surface area contributed by atoms with E-state index in [9.17, 15) is 0 Å². The number of nitrogens with one attached hydrogen (secondary N) is 1. The Labute approximate surface area is 108 Å². The Morgan fingerprint density at radius 2 is 2.00 bits per heavy atom. The predicted molar refractivity (Wildman–Crippen MR) is 73.5 cm³/mol. The summed E-state index contributed by atoms with van der Waals surface area (Å²) in [4.78, 5) is 0. The molecule has 2 heteroatoms. The van der Waals surface area contributed by atoms with Gasteiger partial charge in [-0.15, -0.1) is 0 Å². The van der Waals surface area contributed by atoms with Crippen molar-refractivity contribution in [2.75, 3.05) is 7.05 Å². The maximum Gasteiger partial charge on any atom is 0.134 e. The number of rotatable bonds is 4. The molecule has 0 amide bonds. The van der Waals surface area contributed by atoms with E-state index in [0.717, 1.165) is 24.0 Å². The molecule has 1 saturated carbocycles. The Morgan fingerprint density at radius 3 is 2.72 bits per heavy atom. The molecule has 0 aliphatic heterocycles. The third kappa shape index (κ3) is 2.08. The second kappa shape index (κ2) is 4.99. The number of hydrogen-bond acceptors (Lipinski definition) is 2. The van der Waals surface area contributed by atoms with Crippen LogP contribution in [0.15, 0.2) is 40.8 Å². The maximum absolute atomic E-state index is 5.91. The van der Waals surface area contributed by atoms with E-state index >= 15 is 0 Å². The SMILES string of the molecule is CNCc1ccc(-c2ccccc2C2CCC2)o1. The van der Waals surface area contributed by atoms with Crippen LogP contribution in [0.3, 0.4) is 0 Å². The van der Waals surface area contributed by atoms with Crippen molar-refractivity contribution in [1.82, 2.24) is 5.32 Å². The van der Waals surface area contributed by atoms with Gasteiger partial charge < -0.3 is 9.73 Å². The van der Waals surface area contributed by atoms with Gasteiger partial charge in [-0.2, -0.15) is 0 Å². The van der Waals surface area contributed by atoms with Gasteiger partial charge in [-0.1, -0.05) is 30.7 Å². The normalized spacial score (nSPS) is 15.6. The fourth-order valence-electron chi connectivity index (χ4n) is 2.59. The van der Waals surface area contributed by atoms with Crippen LogP contribution in [0.25, 0.3) is 11.3 Å². The lowest BCUT2D eigenvalue weighted by molar-refractivity contribution is 0.419. The number of benzene rings is 1. The van der Waals surface area contributed by atoms with Crippen molar-refractivity contribution in [1.29, 1.82) is 0 Å². The minimum atomic E-state index is 0.735. The molecule has 0 spiro atoms. The lowest BCUT2D eigenvalue weighted by atomic mass is 9.78. The summed E-state index contributed by atoms with van der Waals surface area (Å²) in [5.41, 5.74) is 2.72. The third-order valence-corrected chi connectivity index (χ3v) is 3.78. The monoisotopic (exact) mass is 241 g/mol. The lowest BCUT2D eigenvalue weighted by Crippen LogP contribution is -2.09. The Bertz CT molecular complexity index is 525. The van der Waals surface area contributed by atoms with Crippen LogP contribution in [0.2, 0.25) is 0 Å². The Balaban J connectivity index is 1.94. The molecule has 1 aliphatic carbocycles. The van der Waals surface area contributed by atoms with Crippen LogP contribution >= 0.6 is 0 Å². The molecular weight excluding hydrogens is 222 g/mol. The van der Waals surface area contributed by atoms with Gasteiger partial charge in [0.25, 0.3) is 0 Å². The summed E-state index contributed by atoms with van der Waals surface area (Å²) in [6, 6.07) is 12.8. The summed E-state index contributed by atoms with van der Waals surface area (Å²) in [5, 5.41) is 3.11. The molecule has 0 unspecified atom stereocenters. The largest absolute Gasteiger partial charge is 0.460 e. The van der Waals surface area contributed by atoms with E-state index in [0.29, 0.717) is 0 Å². The quantitative estimate of drug-likeness (QED) is 0.877. The van der Waals surface area contributed by atoms with Crippen molar-refractivity contribution >= 4 is 0 Å².